The van der Waals surface area contributed by atoms with Crippen molar-refractivity contribution >= 4 is 23.9 Å². The quantitative estimate of drug-likeness (QED) is 0.208. The van der Waals surface area contributed by atoms with Crippen LogP contribution in [0.1, 0.15) is 5.56 Å². The smallest absolute Gasteiger partial charge is 0.250 e. The molecule has 0 aliphatic rings. The van der Waals surface area contributed by atoms with Crippen LogP contribution in [-0.4, -0.2) is 52.0 Å². The summed E-state index contributed by atoms with van der Waals surface area (Å²) in [5.41, 5.74) is 4.91. The monoisotopic (exact) mass is 489 g/mol. The van der Waals surface area contributed by atoms with Gasteiger partial charge in [0.15, 0.2) is 22.5 Å². The summed E-state index contributed by atoms with van der Waals surface area (Å²) in [4.78, 5) is 12.4. The number of aromatic nitrogens is 3. The van der Waals surface area contributed by atoms with Crippen LogP contribution in [0.15, 0.2) is 83.1 Å². The van der Waals surface area contributed by atoms with Crippen LogP contribution in [0.2, 0.25) is 0 Å². The average molecular weight is 490 g/mol. The number of para-hydroxylation sites is 1. The average Bonchev–Trinajstić information content (AvgIpc) is 3.33. The van der Waals surface area contributed by atoms with E-state index in [9.17, 15) is 9.90 Å². The molecule has 3 aromatic carbocycles. The summed E-state index contributed by atoms with van der Waals surface area (Å²) < 4.78 is 12.2. The molecule has 2 N–H and O–H groups in total. The van der Waals surface area contributed by atoms with Crippen LogP contribution < -0.4 is 14.9 Å². The number of ether oxygens (including phenoxy) is 2. The maximum atomic E-state index is 12.4. The summed E-state index contributed by atoms with van der Waals surface area (Å²) in [6.45, 7) is 0. The van der Waals surface area contributed by atoms with E-state index >= 15 is 0 Å². The standard InChI is InChI=1S/C25H23N5O4S/c1-33-20-11-9-18(10-12-20)24-28-29-25(30(24)19-6-4-3-5-7-19)35-16-23(32)27-26-15-17-8-13-21(31)22(14-17)34-2/h3-15,31H,16H2,1-2H3,(H,27,32)/b26-15-. The van der Waals surface area contributed by atoms with Gasteiger partial charge < -0.3 is 14.6 Å². The predicted molar refractivity (Wildman–Crippen MR) is 134 cm³/mol. The second-order valence-corrected chi connectivity index (χ2v) is 8.16. The molecular formula is C25H23N5O4S. The fourth-order valence-electron chi connectivity index (χ4n) is 3.22. The molecule has 0 spiro atoms. The number of thioether (sulfide) groups is 1. The number of carbonyl (C=O) groups is 1. The van der Waals surface area contributed by atoms with Gasteiger partial charge in [-0.25, -0.2) is 5.43 Å². The largest absolute Gasteiger partial charge is 0.504 e. The number of hydrazone groups is 1. The van der Waals surface area contributed by atoms with Crippen LogP contribution in [0.4, 0.5) is 0 Å². The number of phenolic OH excluding ortho intramolecular Hbond substituents is 1. The Morgan fingerprint density at radius 1 is 1.06 bits per heavy atom. The number of rotatable bonds is 9. The van der Waals surface area contributed by atoms with Gasteiger partial charge in [-0.3, -0.25) is 9.36 Å². The molecule has 0 fully saturated rings. The van der Waals surface area contributed by atoms with E-state index in [2.05, 4.69) is 20.7 Å². The summed E-state index contributed by atoms with van der Waals surface area (Å²) in [7, 11) is 3.08. The van der Waals surface area contributed by atoms with E-state index in [-0.39, 0.29) is 17.4 Å². The molecule has 0 saturated carbocycles. The summed E-state index contributed by atoms with van der Waals surface area (Å²) >= 11 is 1.25. The first-order valence-corrected chi connectivity index (χ1v) is 11.5. The van der Waals surface area contributed by atoms with E-state index in [4.69, 9.17) is 9.47 Å². The molecule has 1 heterocycles. The summed E-state index contributed by atoms with van der Waals surface area (Å²) in [6.07, 6.45) is 1.47. The second-order valence-electron chi connectivity index (χ2n) is 7.22. The lowest BCUT2D eigenvalue weighted by atomic mass is 10.2. The van der Waals surface area contributed by atoms with Crippen molar-refractivity contribution in [1.29, 1.82) is 0 Å². The number of amides is 1. The Morgan fingerprint density at radius 3 is 2.54 bits per heavy atom. The number of hydrogen-bond acceptors (Lipinski definition) is 8. The molecule has 1 amide bonds. The van der Waals surface area contributed by atoms with Crippen LogP contribution in [0.25, 0.3) is 17.1 Å². The number of methoxy groups -OCH3 is 2. The maximum absolute atomic E-state index is 12.4. The highest BCUT2D eigenvalue weighted by molar-refractivity contribution is 7.99. The molecule has 178 valence electrons. The third-order valence-electron chi connectivity index (χ3n) is 4.93. The molecule has 0 unspecified atom stereocenters. The fraction of sp³-hybridized carbons (Fsp3) is 0.120. The van der Waals surface area contributed by atoms with E-state index in [1.54, 1.807) is 19.2 Å². The molecule has 0 bridgehead atoms. The fourth-order valence-corrected chi connectivity index (χ4v) is 3.96. The SMILES string of the molecule is COc1ccc(-c2nnc(SCC(=O)N/N=C\c3ccc(O)c(OC)c3)n2-c2ccccc2)cc1. The van der Waals surface area contributed by atoms with Crippen molar-refractivity contribution in [2.45, 2.75) is 5.16 Å². The van der Waals surface area contributed by atoms with Gasteiger partial charge in [0, 0.05) is 11.3 Å². The molecule has 0 aliphatic heterocycles. The number of nitrogens with one attached hydrogen (secondary N) is 1. The van der Waals surface area contributed by atoms with Crippen LogP contribution in [-0.2, 0) is 4.79 Å². The van der Waals surface area contributed by atoms with E-state index in [1.165, 1.54) is 31.2 Å². The normalized spacial score (nSPS) is 10.9. The number of phenols is 1. The zero-order valence-electron chi connectivity index (χ0n) is 19.1. The van der Waals surface area contributed by atoms with Gasteiger partial charge >= 0.3 is 0 Å². The predicted octanol–water partition coefficient (Wildman–Crippen LogP) is 3.90. The highest BCUT2D eigenvalue weighted by Gasteiger charge is 2.17. The summed E-state index contributed by atoms with van der Waals surface area (Å²) in [5.74, 6) is 1.54. The molecule has 0 radical (unpaired) electrons. The van der Waals surface area contributed by atoms with Gasteiger partial charge in [0.05, 0.1) is 26.2 Å². The molecule has 0 saturated heterocycles. The Bertz CT molecular complexity index is 1320. The molecule has 0 aliphatic carbocycles. The number of hydrogen-bond donors (Lipinski definition) is 2. The Labute approximate surface area is 206 Å². The molecule has 10 heteroatoms. The van der Waals surface area contributed by atoms with Crippen molar-refractivity contribution in [1.82, 2.24) is 20.2 Å². The van der Waals surface area contributed by atoms with Crippen molar-refractivity contribution in [3.8, 4) is 34.3 Å². The lowest BCUT2D eigenvalue weighted by Crippen LogP contribution is -2.20. The number of carbonyl (C=O) groups excluding carboxylic acids is 1. The Kier molecular flexibility index (Phi) is 7.63. The Morgan fingerprint density at radius 2 is 1.83 bits per heavy atom. The number of aromatic hydroxyl groups is 1. The van der Waals surface area contributed by atoms with E-state index in [0.717, 1.165) is 17.0 Å². The van der Waals surface area contributed by atoms with Crippen molar-refractivity contribution in [2.24, 2.45) is 5.10 Å². The van der Waals surface area contributed by atoms with Gasteiger partial charge in [-0.05, 0) is 60.2 Å². The molecule has 35 heavy (non-hydrogen) atoms. The second kappa shape index (κ2) is 11.2. The van der Waals surface area contributed by atoms with Crippen molar-refractivity contribution < 1.29 is 19.4 Å². The van der Waals surface area contributed by atoms with Gasteiger partial charge in [-0.1, -0.05) is 30.0 Å². The van der Waals surface area contributed by atoms with E-state index in [0.29, 0.717) is 22.3 Å². The van der Waals surface area contributed by atoms with Crippen molar-refractivity contribution in [3.05, 3.63) is 78.4 Å². The van der Waals surface area contributed by atoms with E-state index in [1.807, 2.05) is 59.2 Å². The van der Waals surface area contributed by atoms with Crippen LogP contribution in [0, 0.1) is 0 Å². The van der Waals surface area contributed by atoms with Gasteiger partial charge in [0.2, 0.25) is 0 Å². The topological polar surface area (TPSA) is 111 Å². The highest BCUT2D eigenvalue weighted by atomic mass is 32.2. The van der Waals surface area contributed by atoms with Gasteiger partial charge in [-0.15, -0.1) is 10.2 Å². The molecular weight excluding hydrogens is 466 g/mol. The van der Waals surface area contributed by atoms with Crippen LogP contribution in [0.3, 0.4) is 0 Å². The first-order chi connectivity index (χ1) is 17.1. The molecule has 1 aromatic heterocycles. The summed E-state index contributed by atoms with van der Waals surface area (Å²) in [5, 5.41) is 22.9. The number of nitrogens with zero attached hydrogens (tertiary/aromatic N) is 4. The third kappa shape index (κ3) is 5.79. The zero-order chi connectivity index (χ0) is 24.6. The van der Waals surface area contributed by atoms with Gasteiger partial charge in [0.25, 0.3) is 5.91 Å². The minimum Gasteiger partial charge on any atom is -0.504 e. The first kappa shape index (κ1) is 23.8. The maximum Gasteiger partial charge on any atom is 0.250 e. The van der Waals surface area contributed by atoms with Crippen molar-refractivity contribution in [3.63, 3.8) is 0 Å². The highest BCUT2D eigenvalue weighted by Crippen LogP contribution is 2.29. The zero-order valence-corrected chi connectivity index (χ0v) is 19.9. The molecule has 0 atom stereocenters. The van der Waals surface area contributed by atoms with Gasteiger partial charge in [-0.2, -0.15) is 5.10 Å². The molecule has 4 aromatic rings. The minimum atomic E-state index is -0.300. The lowest BCUT2D eigenvalue weighted by molar-refractivity contribution is -0.118. The van der Waals surface area contributed by atoms with Crippen LogP contribution in [0.5, 0.6) is 17.2 Å². The molecule has 9 nitrogen and oxygen atoms in total. The Hall–Kier alpha value is -4.31. The van der Waals surface area contributed by atoms with Crippen LogP contribution >= 0.6 is 11.8 Å². The van der Waals surface area contributed by atoms with Crippen molar-refractivity contribution in [2.75, 3.05) is 20.0 Å². The third-order valence-corrected chi connectivity index (χ3v) is 5.86. The van der Waals surface area contributed by atoms with Gasteiger partial charge in [0.1, 0.15) is 5.75 Å². The minimum absolute atomic E-state index is 0.0293. The molecule has 4 rings (SSSR count). The summed E-state index contributed by atoms with van der Waals surface area (Å²) in [6, 6.07) is 22.0. The Balaban J connectivity index is 1.48. The number of benzene rings is 3. The lowest BCUT2D eigenvalue weighted by Gasteiger charge is -2.10. The first-order valence-electron chi connectivity index (χ1n) is 10.6. The van der Waals surface area contributed by atoms with E-state index < -0.39 is 0 Å².